The molecule has 0 bridgehead atoms. The molecule has 0 saturated heterocycles. The largest absolute Gasteiger partial charge is 0.508 e. The SMILES string of the molecule is CN(C)c1ccc(C[C@H]2C[C@H]3[C@@H]4CCc5cc(O)ccc5[C@H]4CC[C@]3(C)[C@H]2O)cc1. The highest BCUT2D eigenvalue weighted by Gasteiger charge is 2.57. The molecular formula is C27H35NO2. The summed E-state index contributed by atoms with van der Waals surface area (Å²) in [5.41, 5.74) is 5.41. The van der Waals surface area contributed by atoms with Crippen molar-refractivity contribution in [3.63, 3.8) is 0 Å². The van der Waals surface area contributed by atoms with Crippen molar-refractivity contribution < 1.29 is 10.2 Å². The van der Waals surface area contributed by atoms with Crippen molar-refractivity contribution in [1.29, 1.82) is 0 Å². The molecule has 30 heavy (non-hydrogen) atoms. The topological polar surface area (TPSA) is 43.7 Å². The van der Waals surface area contributed by atoms with E-state index in [1.807, 2.05) is 12.1 Å². The van der Waals surface area contributed by atoms with Crippen molar-refractivity contribution in [3.05, 3.63) is 59.2 Å². The summed E-state index contributed by atoms with van der Waals surface area (Å²) < 4.78 is 0. The molecule has 3 aliphatic carbocycles. The Kier molecular flexibility index (Phi) is 4.85. The number of fused-ring (bicyclic) bond motifs is 5. The lowest BCUT2D eigenvalue weighted by atomic mass is 9.55. The van der Waals surface area contributed by atoms with Gasteiger partial charge in [0.25, 0.3) is 0 Å². The van der Waals surface area contributed by atoms with E-state index in [0.717, 1.165) is 32.1 Å². The van der Waals surface area contributed by atoms with Crippen LogP contribution in [0, 0.1) is 23.2 Å². The van der Waals surface area contributed by atoms with Gasteiger partial charge in [-0.2, -0.15) is 0 Å². The zero-order valence-electron chi connectivity index (χ0n) is 18.5. The predicted octanol–water partition coefficient (Wildman–Crippen LogP) is 5.14. The third-order valence-electron chi connectivity index (χ3n) is 8.78. The summed E-state index contributed by atoms with van der Waals surface area (Å²) in [5, 5.41) is 21.3. The first-order valence-electron chi connectivity index (χ1n) is 11.6. The number of nitrogens with zero attached hydrogens (tertiary/aromatic N) is 1. The summed E-state index contributed by atoms with van der Waals surface area (Å²) in [4.78, 5) is 2.13. The molecule has 3 heteroatoms. The van der Waals surface area contributed by atoms with Gasteiger partial charge in [0.05, 0.1) is 6.10 Å². The van der Waals surface area contributed by atoms with Crippen LogP contribution in [-0.4, -0.2) is 30.4 Å². The van der Waals surface area contributed by atoms with E-state index in [1.165, 1.54) is 28.8 Å². The number of aromatic hydroxyl groups is 1. The van der Waals surface area contributed by atoms with E-state index in [2.05, 4.69) is 56.3 Å². The van der Waals surface area contributed by atoms with Crippen LogP contribution in [0.15, 0.2) is 42.5 Å². The van der Waals surface area contributed by atoms with E-state index in [9.17, 15) is 10.2 Å². The van der Waals surface area contributed by atoms with Gasteiger partial charge >= 0.3 is 0 Å². The summed E-state index contributed by atoms with van der Waals surface area (Å²) in [6, 6.07) is 14.8. The molecule has 0 heterocycles. The van der Waals surface area contributed by atoms with Gasteiger partial charge in [0.2, 0.25) is 0 Å². The predicted molar refractivity (Wildman–Crippen MR) is 122 cm³/mol. The monoisotopic (exact) mass is 405 g/mol. The highest BCUT2D eigenvalue weighted by Crippen LogP contribution is 2.62. The standard InChI is InChI=1S/C27H35NO2/c1-27-13-12-23-22-11-9-21(29)15-18(22)6-10-24(23)25(27)16-19(26(27)30)14-17-4-7-20(8-5-17)28(2)3/h4-5,7-9,11,15,19,23-26,29-30H,6,10,12-14,16H2,1-3H3/t19-,23+,24+,25-,26-,27-/m0/s1. The third-order valence-corrected chi connectivity index (χ3v) is 8.78. The molecule has 6 atom stereocenters. The second-order valence-corrected chi connectivity index (χ2v) is 10.5. The summed E-state index contributed by atoms with van der Waals surface area (Å²) in [6.07, 6.45) is 6.43. The van der Waals surface area contributed by atoms with Gasteiger partial charge in [0.1, 0.15) is 5.75 Å². The normalized spacial score (nSPS) is 34.7. The highest BCUT2D eigenvalue weighted by atomic mass is 16.3. The van der Waals surface area contributed by atoms with Gasteiger partial charge < -0.3 is 15.1 Å². The zero-order chi connectivity index (χ0) is 21.0. The fraction of sp³-hybridized carbons (Fsp3) is 0.556. The lowest BCUT2D eigenvalue weighted by Crippen LogP contribution is -2.44. The average molecular weight is 406 g/mol. The van der Waals surface area contributed by atoms with Crippen LogP contribution >= 0.6 is 0 Å². The van der Waals surface area contributed by atoms with E-state index in [4.69, 9.17) is 0 Å². The van der Waals surface area contributed by atoms with Crippen LogP contribution in [0.1, 0.15) is 55.2 Å². The van der Waals surface area contributed by atoms with Gasteiger partial charge in [0.15, 0.2) is 0 Å². The van der Waals surface area contributed by atoms with Crippen molar-refractivity contribution in [3.8, 4) is 5.75 Å². The molecule has 0 unspecified atom stereocenters. The second kappa shape index (κ2) is 7.30. The van der Waals surface area contributed by atoms with Gasteiger partial charge in [-0.05, 0) is 109 Å². The lowest BCUT2D eigenvalue weighted by Gasteiger charge is -2.50. The van der Waals surface area contributed by atoms with Crippen LogP contribution in [0.3, 0.4) is 0 Å². The van der Waals surface area contributed by atoms with Crippen LogP contribution in [0.2, 0.25) is 0 Å². The van der Waals surface area contributed by atoms with Crippen molar-refractivity contribution in [2.45, 2.75) is 57.5 Å². The number of aliphatic hydroxyl groups excluding tert-OH is 1. The molecule has 0 radical (unpaired) electrons. The van der Waals surface area contributed by atoms with Crippen LogP contribution in [-0.2, 0) is 12.8 Å². The quantitative estimate of drug-likeness (QED) is 0.743. The van der Waals surface area contributed by atoms with Crippen molar-refractivity contribution >= 4 is 5.69 Å². The lowest BCUT2D eigenvalue weighted by molar-refractivity contribution is -0.0325. The average Bonchev–Trinajstić information content (AvgIpc) is 2.98. The minimum Gasteiger partial charge on any atom is -0.508 e. The molecule has 160 valence electrons. The number of aliphatic hydroxyl groups is 1. The maximum Gasteiger partial charge on any atom is 0.115 e. The molecule has 3 nitrogen and oxygen atoms in total. The van der Waals surface area contributed by atoms with E-state index < -0.39 is 0 Å². The van der Waals surface area contributed by atoms with Crippen molar-refractivity contribution in [1.82, 2.24) is 0 Å². The van der Waals surface area contributed by atoms with Crippen molar-refractivity contribution in [2.24, 2.45) is 23.2 Å². The van der Waals surface area contributed by atoms with Crippen LogP contribution in [0.25, 0.3) is 0 Å². The Morgan fingerprint density at radius 2 is 1.83 bits per heavy atom. The second-order valence-electron chi connectivity index (χ2n) is 10.5. The summed E-state index contributed by atoms with van der Waals surface area (Å²) in [7, 11) is 4.14. The first-order chi connectivity index (χ1) is 14.4. The Labute approximate surface area is 180 Å². The molecule has 2 fully saturated rings. The fourth-order valence-corrected chi connectivity index (χ4v) is 7.15. The van der Waals surface area contributed by atoms with Crippen LogP contribution < -0.4 is 4.90 Å². The maximum absolute atomic E-state index is 11.4. The number of benzene rings is 2. The summed E-state index contributed by atoms with van der Waals surface area (Å²) in [6.45, 7) is 2.36. The number of hydrogen-bond acceptors (Lipinski definition) is 3. The Morgan fingerprint density at radius 1 is 1.07 bits per heavy atom. The smallest absolute Gasteiger partial charge is 0.115 e. The number of aryl methyl sites for hydroxylation is 1. The molecule has 2 N–H and O–H groups in total. The minimum atomic E-state index is -0.210. The number of phenols is 1. The van der Waals surface area contributed by atoms with E-state index in [1.54, 1.807) is 0 Å². The molecule has 3 aliphatic rings. The highest BCUT2D eigenvalue weighted by molar-refractivity contribution is 5.46. The molecule has 0 aliphatic heterocycles. The molecule has 0 amide bonds. The number of phenolic OH excluding ortho intramolecular Hbond substituents is 1. The van der Waals surface area contributed by atoms with Gasteiger partial charge in [-0.15, -0.1) is 0 Å². The molecule has 2 aromatic rings. The van der Waals surface area contributed by atoms with Crippen molar-refractivity contribution in [2.75, 3.05) is 19.0 Å². The Hall–Kier alpha value is -2.00. The van der Waals surface area contributed by atoms with Gasteiger partial charge in [-0.3, -0.25) is 0 Å². The number of hydrogen-bond donors (Lipinski definition) is 2. The van der Waals surface area contributed by atoms with Gasteiger partial charge in [0, 0.05) is 19.8 Å². The number of rotatable bonds is 3. The Balaban J connectivity index is 1.37. The fourth-order valence-electron chi connectivity index (χ4n) is 7.15. The molecule has 5 rings (SSSR count). The van der Waals surface area contributed by atoms with Gasteiger partial charge in [-0.25, -0.2) is 0 Å². The van der Waals surface area contributed by atoms with Crippen LogP contribution in [0.4, 0.5) is 5.69 Å². The van der Waals surface area contributed by atoms with Gasteiger partial charge in [-0.1, -0.05) is 25.1 Å². The first kappa shape index (κ1) is 19.9. The molecule has 2 saturated carbocycles. The Morgan fingerprint density at radius 3 is 2.57 bits per heavy atom. The summed E-state index contributed by atoms with van der Waals surface area (Å²) >= 11 is 0. The Bertz CT molecular complexity index is 921. The van der Waals surface area contributed by atoms with E-state index in [0.29, 0.717) is 29.4 Å². The molecular weight excluding hydrogens is 370 g/mol. The molecule has 0 aromatic heterocycles. The first-order valence-corrected chi connectivity index (χ1v) is 11.6. The third kappa shape index (κ3) is 3.13. The minimum absolute atomic E-state index is 0.0455. The number of anilines is 1. The molecule has 2 aromatic carbocycles. The molecule has 0 spiro atoms. The van der Waals surface area contributed by atoms with Crippen LogP contribution in [0.5, 0.6) is 5.75 Å². The van der Waals surface area contributed by atoms with E-state index >= 15 is 0 Å². The van der Waals surface area contributed by atoms with E-state index in [-0.39, 0.29) is 11.5 Å². The summed E-state index contributed by atoms with van der Waals surface area (Å²) in [5.74, 6) is 2.60. The zero-order valence-corrected chi connectivity index (χ0v) is 18.5. The maximum atomic E-state index is 11.4.